The van der Waals surface area contributed by atoms with E-state index >= 15 is 0 Å². The number of unbranched alkanes of at least 4 members (excludes halogenated alkanes) is 1. The molecule has 4 atom stereocenters. The summed E-state index contributed by atoms with van der Waals surface area (Å²) in [6.07, 6.45) is 4.32. The van der Waals surface area contributed by atoms with Crippen LogP contribution in [0.5, 0.6) is 0 Å². The Labute approximate surface area is 239 Å². The smallest absolute Gasteiger partial charge is 0.326 e. The monoisotopic (exact) mass is 580 g/mol. The van der Waals surface area contributed by atoms with Crippen molar-refractivity contribution < 1.29 is 24.3 Å². The number of guanidine groups is 1. The van der Waals surface area contributed by atoms with Gasteiger partial charge in [0.15, 0.2) is 5.96 Å². The van der Waals surface area contributed by atoms with Gasteiger partial charge in [0.05, 0.1) is 6.04 Å². The number of amides is 3. The first-order chi connectivity index (χ1) is 19.1. The number of aliphatic imine (C=N–C) groups is 1. The molecule has 0 heterocycles. The Morgan fingerprint density at radius 3 is 2.00 bits per heavy atom. The van der Waals surface area contributed by atoms with E-state index < -0.39 is 47.9 Å². The average Bonchev–Trinajstić information content (AvgIpc) is 2.92. The van der Waals surface area contributed by atoms with Crippen LogP contribution in [0.25, 0.3) is 0 Å². The summed E-state index contributed by atoms with van der Waals surface area (Å²) in [5.74, 6) is -2.35. The van der Waals surface area contributed by atoms with Gasteiger partial charge in [0, 0.05) is 13.0 Å². The lowest BCUT2D eigenvalue weighted by Gasteiger charge is -2.25. The molecule has 1 rings (SSSR count). The van der Waals surface area contributed by atoms with E-state index in [9.17, 15) is 24.3 Å². The highest BCUT2D eigenvalue weighted by Crippen LogP contribution is 2.08. The molecule has 12 N–H and O–H groups in total. The SMILES string of the molecule is CSCCC(N)C(=O)NC(CCCN=C(N)N)C(=O)NC(CCCCN)C(=O)NC(Cc1ccccc1)C(=O)O. The third kappa shape index (κ3) is 14.1. The van der Waals surface area contributed by atoms with Crippen LogP contribution in [-0.2, 0) is 25.6 Å². The second-order valence-electron chi connectivity index (χ2n) is 9.33. The second kappa shape index (κ2) is 19.7. The summed E-state index contributed by atoms with van der Waals surface area (Å²) in [5.41, 5.74) is 23.1. The van der Waals surface area contributed by atoms with Gasteiger partial charge in [0.25, 0.3) is 0 Å². The number of aliphatic carboxylic acids is 1. The Hall–Kier alpha value is -3.36. The fourth-order valence-corrected chi connectivity index (χ4v) is 4.27. The predicted octanol–water partition coefficient (Wildman–Crippen LogP) is -0.969. The first kappa shape index (κ1) is 34.7. The summed E-state index contributed by atoms with van der Waals surface area (Å²) >= 11 is 1.55. The molecule has 0 bridgehead atoms. The number of benzene rings is 1. The standard InChI is InChI=1S/C26H44N8O5S/c1-40-15-12-18(28)22(35)32-20(11-7-14-31-26(29)30)23(36)33-19(10-5-6-13-27)24(37)34-21(25(38)39)16-17-8-3-2-4-9-17/h2-4,8-9,18-21H,5-7,10-16,27-28H2,1H3,(H,32,35)(H,33,36)(H,34,37)(H,38,39)(H4,29,30,31). The number of rotatable bonds is 20. The number of carboxylic acid groups (broad SMARTS) is 1. The van der Waals surface area contributed by atoms with E-state index in [1.54, 1.807) is 36.0 Å². The lowest BCUT2D eigenvalue weighted by Crippen LogP contribution is -2.57. The molecule has 0 saturated heterocycles. The van der Waals surface area contributed by atoms with E-state index in [-0.39, 0.29) is 31.8 Å². The summed E-state index contributed by atoms with van der Waals surface area (Å²) in [7, 11) is 0. The molecule has 14 heteroatoms. The van der Waals surface area contributed by atoms with E-state index in [0.29, 0.717) is 38.0 Å². The summed E-state index contributed by atoms with van der Waals surface area (Å²) in [4.78, 5) is 55.0. The number of thioether (sulfide) groups is 1. The Bertz CT molecular complexity index is 962. The Kier molecular flexibility index (Phi) is 17.0. The number of carbonyl (C=O) groups is 4. The number of hydrogen-bond acceptors (Lipinski definition) is 8. The number of nitrogens with two attached hydrogens (primary N) is 4. The van der Waals surface area contributed by atoms with Crippen LogP contribution in [0.15, 0.2) is 35.3 Å². The molecule has 0 aliphatic rings. The molecule has 0 aromatic heterocycles. The van der Waals surface area contributed by atoms with Crippen LogP contribution in [0.3, 0.4) is 0 Å². The van der Waals surface area contributed by atoms with Crippen molar-refractivity contribution in [1.29, 1.82) is 0 Å². The van der Waals surface area contributed by atoms with E-state index in [4.69, 9.17) is 22.9 Å². The van der Waals surface area contributed by atoms with Gasteiger partial charge in [-0.25, -0.2) is 4.79 Å². The van der Waals surface area contributed by atoms with Crippen molar-refractivity contribution in [3.05, 3.63) is 35.9 Å². The third-order valence-corrected chi connectivity index (χ3v) is 6.67. The number of carboxylic acids is 1. The van der Waals surface area contributed by atoms with Gasteiger partial charge in [-0.2, -0.15) is 11.8 Å². The molecule has 4 unspecified atom stereocenters. The molecule has 0 radical (unpaired) electrons. The van der Waals surface area contributed by atoms with E-state index in [1.807, 2.05) is 12.3 Å². The molecule has 1 aromatic carbocycles. The maximum absolute atomic E-state index is 13.3. The van der Waals surface area contributed by atoms with Crippen molar-refractivity contribution in [2.24, 2.45) is 27.9 Å². The largest absolute Gasteiger partial charge is 0.480 e. The van der Waals surface area contributed by atoms with Crippen LogP contribution in [0.2, 0.25) is 0 Å². The number of nitrogens with zero attached hydrogens (tertiary/aromatic N) is 1. The second-order valence-corrected chi connectivity index (χ2v) is 10.3. The molecule has 3 amide bonds. The average molecular weight is 581 g/mol. The van der Waals surface area contributed by atoms with Gasteiger partial charge in [0.1, 0.15) is 18.1 Å². The van der Waals surface area contributed by atoms with Crippen LogP contribution in [0.1, 0.15) is 44.1 Å². The molecular formula is C26H44N8O5S. The lowest BCUT2D eigenvalue weighted by atomic mass is 10.0. The van der Waals surface area contributed by atoms with Gasteiger partial charge in [-0.1, -0.05) is 30.3 Å². The first-order valence-corrected chi connectivity index (χ1v) is 14.7. The lowest BCUT2D eigenvalue weighted by molar-refractivity contribution is -0.142. The zero-order valence-corrected chi connectivity index (χ0v) is 23.8. The Morgan fingerprint density at radius 1 is 0.875 bits per heavy atom. The fourth-order valence-electron chi connectivity index (χ4n) is 3.78. The van der Waals surface area contributed by atoms with Crippen LogP contribution in [-0.4, -0.2) is 84.0 Å². The minimum atomic E-state index is -1.20. The van der Waals surface area contributed by atoms with Crippen molar-refractivity contribution in [2.45, 2.75) is 69.1 Å². The van der Waals surface area contributed by atoms with Crippen molar-refractivity contribution in [3.8, 4) is 0 Å². The minimum absolute atomic E-state index is 0.0722. The van der Waals surface area contributed by atoms with Crippen molar-refractivity contribution in [3.63, 3.8) is 0 Å². The molecule has 224 valence electrons. The van der Waals surface area contributed by atoms with Crippen molar-refractivity contribution >= 4 is 41.4 Å². The van der Waals surface area contributed by atoms with Gasteiger partial charge in [-0.05, 0) is 62.6 Å². The van der Waals surface area contributed by atoms with Crippen molar-refractivity contribution in [2.75, 3.05) is 25.1 Å². The highest BCUT2D eigenvalue weighted by atomic mass is 32.2. The van der Waals surface area contributed by atoms with Crippen LogP contribution < -0.4 is 38.9 Å². The summed E-state index contributed by atoms with van der Waals surface area (Å²) in [6, 6.07) is 4.84. The van der Waals surface area contributed by atoms with Crippen molar-refractivity contribution in [1.82, 2.24) is 16.0 Å². The topological polar surface area (TPSA) is 241 Å². The molecule has 1 aromatic rings. The Morgan fingerprint density at radius 2 is 1.45 bits per heavy atom. The maximum atomic E-state index is 13.3. The number of nitrogens with one attached hydrogen (secondary N) is 3. The minimum Gasteiger partial charge on any atom is -0.480 e. The van der Waals surface area contributed by atoms with Gasteiger partial charge < -0.3 is 44.0 Å². The summed E-state index contributed by atoms with van der Waals surface area (Å²) < 4.78 is 0. The zero-order valence-electron chi connectivity index (χ0n) is 23.0. The highest BCUT2D eigenvalue weighted by molar-refractivity contribution is 7.98. The molecule has 0 aliphatic carbocycles. The predicted molar refractivity (Wildman–Crippen MR) is 157 cm³/mol. The molecular weight excluding hydrogens is 536 g/mol. The first-order valence-electron chi connectivity index (χ1n) is 13.3. The molecule has 0 fully saturated rings. The molecule has 0 spiro atoms. The Balaban J connectivity index is 3.03. The van der Waals surface area contributed by atoms with E-state index in [1.165, 1.54) is 0 Å². The van der Waals surface area contributed by atoms with Gasteiger partial charge in [-0.15, -0.1) is 0 Å². The van der Waals surface area contributed by atoms with Gasteiger partial charge in [-0.3, -0.25) is 19.4 Å². The molecule has 13 nitrogen and oxygen atoms in total. The van der Waals surface area contributed by atoms with Crippen LogP contribution >= 0.6 is 11.8 Å². The van der Waals surface area contributed by atoms with Crippen LogP contribution in [0.4, 0.5) is 0 Å². The highest BCUT2D eigenvalue weighted by Gasteiger charge is 2.30. The molecule has 40 heavy (non-hydrogen) atoms. The summed E-state index contributed by atoms with van der Waals surface area (Å²) in [5, 5.41) is 17.6. The maximum Gasteiger partial charge on any atom is 0.326 e. The zero-order chi connectivity index (χ0) is 29.9. The third-order valence-electron chi connectivity index (χ3n) is 6.03. The molecule has 0 saturated carbocycles. The van der Waals surface area contributed by atoms with Gasteiger partial charge >= 0.3 is 5.97 Å². The van der Waals surface area contributed by atoms with E-state index in [2.05, 4.69) is 20.9 Å². The normalized spacial score (nSPS) is 13.8. The quantitative estimate of drug-likeness (QED) is 0.0533. The van der Waals surface area contributed by atoms with Gasteiger partial charge in [0.2, 0.25) is 17.7 Å². The fraction of sp³-hybridized carbons (Fsp3) is 0.577. The molecule has 0 aliphatic heterocycles. The number of hydrogen-bond donors (Lipinski definition) is 8. The van der Waals surface area contributed by atoms with Crippen LogP contribution in [0, 0.1) is 0 Å². The number of carbonyl (C=O) groups excluding carboxylic acids is 3. The van der Waals surface area contributed by atoms with E-state index in [0.717, 1.165) is 5.56 Å². The summed E-state index contributed by atoms with van der Waals surface area (Å²) in [6.45, 7) is 0.631.